The second-order valence-corrected chi connectivity index (χ2v) is 9.35. The third-order valence-corrected chi connectivity index (χ3v) is 7.12. The standard InChI is InChI=1S/C22H23FN6O4S/c1-11-2-3-14-16(24)17(34-21(14)25-11)19(30)26-13-8-12-9-15(23)18(27-20(12)33-10-13)28-4-6-29(7-5-28)22(31)32/h2-3,9,13H,4-8,10,24H2,1H3,(H,26,30)(H,31,32)/t13-/m1/s1. The summed E-state index contributed by atoms with van der Waals surface area (Å²) in [7, 11) is 0. The van der Waals surface area contributed by atoms with E-state index in [1.807, 2.05) is 19.1 Å². The molecular formula is C22H23FN6O4S. The molecule has 34 heavy (non-hydrogen) atoms. The molecule has 5 rings (SSSR count). The zero-order valence-electron chi connectivity index (χ0n) is 18.4. The monoisotopic (exact) mass is 486 g/mol. The number of thiophene rings is 1. The number of anilines is 2. The summed E-state index contributed by atoms with van der Waals surface area (Å²) < 4.78 is 20.6. The number of piperazine rings is 1. The van der Waals surface area contributed by atoms with Gasteiger partial charge in [0.25, 0.3) is 5.91 Å². The SMILES string of the molecule is Cc1ccc2c(N)c(C(=O)N[C@H]3COc4nc(N5CCN(C(=O)O)CC5)c(F)cc4C3)sc2n1. The van der Waals surface area contributed by atoms with Crippen molar-refractivity contribution in [2.75, 3.05) is 43.4 Å². The first-order chi connectivity index (χ1) is 16.3. The van der Waals surface area contributed by atoms with Gasteiger partial charge in [0.15, 0.2) is 11.6 Å². The molecule has 178 valence electrons. The molecule has 0 spiro atoms. The number of pyridine rings is 2. The fourth-order valence-electron chi connectivity index (χ4n) is 4.21. The van der Waals surface area contributed by atoms with Crippen LogP contribution in [0.1, 0.15) is 20.9 Å². The van der Waals surface area contributed by atoms with E-state index in [1.165, 1.54) is 22.3 Å². The van der Waals surface area contributed by atoms with Crippen molar-refractivity contribution in [2.24, 2.45) is 0 Å². The zero-order chi connectivity index (χ0) is 24.0. The van der Waals surface area contributed by atoms with Crippen LogP contribution in [0, 0.1) is 12.7 Å². The predicted octanol–water partition coefficient (Wildman–Crippen LogP) is 2.25. The van der Waals surface area contributed by atoms with Gasteiger partial charge in [-0.05, 0) is 25.1 Å². The maximum absolute atomic E-state index is 14.9. The van der Waals surface area contributed by atoms with Crippen LogP contribution >= 0.6 is 11.3 Å². The van der Waals surface area contributed by atoms with Crippen LogP contribution in [0.4, 0.5) is 20.7 Å². The second-order valence-electron chi connectivity index (χ2n) is 8.35. The highest BCUT2D eigenvalue weighted by atomic mass is 32.1. The van der Waals surface area contributed by atoms with Gasteiger partial charge >= 0.3 is 6.09 Å². The van der Waals surface area contributed by atoms with Crippen LogP contribution in [-0.2, 0) is 6.42 Å². The van der Waals surface area contributed by atoms with Crippen LogP contribution in [0.25, 0.3) is 10.2 Å². The summed E-state index contributed by atoms with van der Waals surface area (Å²) in [5.41, 5.74) is 7.98. The number of rotatable bonds is 3. The first kappa shape index (κ1) is 22.1. The summed E-state index contributed by atoms with van der Waals surface area (Å²) in [5, 5.41) is 12.8. The Labute approximate surface area is 198 Å². The lowest BCUT2D eigenvalue weighted by Gasteiger charge is -2.34. The number of hydrogen-bond acceptors (Lipinski definition) is 8. The van der Waals surface area contributed by atoms with Gasteiger partial charge in [-0.2, -0.15) is 4.98 Å². The van der Waals surface area contributed by atoms with Crippen LogP contribution < -0.4 is 20.7 Å². The number of fused-ring (bicyclic) bond motifs is 2. The van der Waals surface area contributed by atoms with Crippen LogP contribution in [0.2, 0.25) is 0 Å². The molecule has 1 atom stereocenters. The van der Waals surface area contributed by atoms with E-state index in [-0.39, 0.29) is 37.5 Å². The molecule has 1 saturated heterocycles. The largest absolute Gasteiger partial charge is 0.475 e. The average Bonchev–Trinajstić information content (AvgIpc) is 3.14. The maximum Gasteiger partial charge on any atom is 0.407 e. The Morgan fingerprint density at radius 2 is 2.03 bits per heavy atom. The number of carbonyl (C=O) groups is 2. The second kappa shape index (κ2) is 8.60. The number of amides is 2. The van der Waals surface area contributed by atoms with Crippen molar-refractivity contribution >= 4 is 45.1 Å². The highest BCUT2D eigenvalue weighted by Crippen LogP contribution is 2.33. The molecule has 1 fully saturated rings. The van der Waals surface area contributed by atoms with Gasteiger partial charge in [-0.25, -0.2) is 14.2 Å². The molecular weight excluding hydrogens is 463 g/mol. The Balaban J connectivity index is 1.28. The molecule has 2 amide bonds. The fraction of sp³-hybridized carbons (Fsp3) is 0.364. The smallest absolute Gasteiger partial charge is 0.407 e. The van der Waals surface area contributed by atoms with E-state index in [4.69, 9.17) is 15.6 Å². The number of nitrogen functional groups attached to an aromatic ring is 1. The minimum absolute atomic E-state index is 0.145. The van der Waals surface area contributed by atoms with Crippen molar-refractivity contribution in [3.8, 4) is 5.88 Å². The van der Waals surface area contributed by atoms with Crippen molar-refractivity contribution in [1.82, 2.24) is 20.2 Å². The number of nitrogens with two attached hydrogens (primary N) is 1. The molecule has 3 aromatic rings. The fourth-order valence-corrected chi connectivity index (χ4v) is 5.25. The molecule has 2 aliphatic heterocycles. The predicted molar refractivity (Wildman–Crippen MR) is 125 cm³/mol. The van der Waals surface area contributed by atoms with Crippen molar-refractivity contribution < 1.29 is 23.8 Å². The Hall–Kier alpha value is -3.67. The Morgan fingerprint density at radius 3 is 2.76 bits per heavy atom. The summed E-state index contributed by atoms with van der Waals surface area (Å²) in [6, 6.07) is 4.71. The van der Waals surface area contributed by atoms with Gasteiger partial charge in [0, 0.05) is 49.2 Å². The third-order valence-electron chi connectivity index (χ3n) is 6.01. The van der Waals surface area contributed by atoms with E-state index in [1.54, 1.807) is 4.90 Å². The normalized spacial score (nSPS) is 17.9. The van der Waals surface area contributed by atoms with Gasteiger partial charge in [0.05, 0.1) is 11.7 Å². The minimum Gasteiger partial charge on any atom is -0.475 e. The molecule has 3 aromatic heterocycles. The van der Waals surface area contributed by atoms with Crippen LogP contribution in [0.15, 0.2) is 18.2 Å². The van der Waals surface area contributed by atoms with Gasteiger partial charge in [-0.15, -0.1) is 11.3 Å². The van der Waals surface area contributed by atoms with Gasteiger partial charge in [-0.3, -0.25) is 4.79 Å². The van der Waals surface area contributed by atoms with E-state index in [9.17, 15) is 14.0 Å². The first-order valence-corrected chi connectivity index (χ1v) is 11.6. The summed E-state index contributed by atoms with van der Waals surface area (Å²) in [6.07, 6.45) is -0.626. The molecule has 0 unspecified atom stereocenters. The van der Waals surface area contributed by atoms with Gasteiger partial charge in [-0.1, -0.05) is 0 Å². The number of nitrogens with one attached hydrogen (secondary N) is 1. The van der Waals surface area contributed by atoms with Gasteiger partial charge < -0.3 is 30.7 Å². The quantitative estimate of drug-likeness (QED) is 0.513. The average molecular weight is 487 g/mol. The lowest BCUT2D eigenvalue weighted by molar-refractivity contribution is 0.0918. The van der Waals surface area contributed by atoms with Crippen LogP contribution in [0.5, 0.6) is 5.88 Å². The Morgan fingerprint density at radius 1 is 1.26 bits per heavy atom. The van der Waals surface area contributed by atoms with Crippen LogP contribution in [-0.4, -0.2) is 70.8 Å². The molecule has 0 radical (unpaired) electrons. The summed E-state index contributed by atoms with van der Waals surface area (Å²) in [5.74, 6) is -0.361. The van der Waals surface area contributed by atoms with E-state index in [2.05, 4.69) is 15.3 Å². The third kappa shape index (κ3) is 4.04. The number of nitrogens with zero attached hydrogens (tertiary/aromatic N) is 4. The topological polar surface area (TPSA) is 134 Å². The van der Waals surface area contributed by atoms with Crippen molar-refractivity contribution in [2.45, 2.75) is 19.4 Å². The first-order valence-electron chi connectivity index (χ1n) is 10.8. The minimum atomic E-state index is -0.987. The van der Waals surface area contributed by atoms with Crippen molar-refractivity contribution in [3.63, 3.8) is 0 Å². The molecule has 4 N–H and O–H groups in total. The number of carboxylic acid groups (broad SMARTS) is 1. The highest BCUT2D eigenvalue weighted by Gasteiger charge is 2.29. The van der Waals surface area contributed by atoms with E-state index < -0.39 is 11.9 Å². The lowest BCUT2D eigenvalue weighted by Crippen LogP contribution is -2.49. The number of carbonyl (C=O) groups excluding carboxylic acids is 1. The van der Waals surface area contributed by atoms with Crippen LogP contribution in [0.3, 0.4) is 0 Å². The zero-order valence-corrected chi connectivity index (χ0v) is 19.2. The molecule has 12 heteroatoms. The molecule has 0 bridgehead atoms. The lowest BCUT2D eigenvalue weighted by atomic mass is 10.0. The molecule has 2 aliphatic rings. The number of aryl methyl sites for hydroxylation is 1. The summed E-state index contributed by atoms with van der Waals surface area (Å²) in [4.78, 5) is 36.9. The number of hydrogen-bond donors (Lipinski definition) is 3. The van der Waals surface area contributed by atoms with E-state index >= 15 is 0 Å². The number of ether oxygens (including phenoxy) is 1. The molecule has 10 nitrogen and oxygen atoms in total. The Kier molecular flexibility index (Phi) is 5.60. The number of aromatic nitrogens is 2. The molecule has 0 saturated carbocycles. The Bertz CT molecular complexity index is 1290. The van der Waals surface area contributed by atoms with Gasteiger partial charge in [0.2, 0.25) is 5.88 Å². The number of halogens is 1. The van der Waals surface area contributed by atoms with E-state index in [0.717, 1.165) is 11.1 Å². The molecule has 5 heterocycles. The van der Waals surface area contributed by atoms with Gasteiger partial charge in [0.1, 0.15) is 16.3 Å². The van der Waals surface area contributed by atoms with E-state index in [0.29, 0.717) is 46.3 Å². The molecule has 0 aliphatic carbocycles. The maximum atomic E-state index is 14.9. The van der Waals surface area contributed by atoms with Crippen molar-refractivity contribution in [1.29, 1.82) is 0 Å². The van der Waals surface area contributed by atoms with Crippen molar-refractivity contribution in [3.05, 3.63) is 40.2 Å². The summed E-state index contributed by atoms with van der Waals surface area (Å²) in [6.45, 7) is 3.31. The summed E-state index contributed by atoms with van der Waals surface area (Å²) >= 11 is 1.24. The molecule has 0 aromatic carbocycles. The highest BCUT2D eigenvalue weighted by molar-refractivity contribution is 7.21.